The van der Waals surface area contributed by atoms with Gasteiger partial charge in [-0.2, -0.15) is 0 Å². The Kier molecular flexibility index (Phi) is 10.5. The smallest absolute Gasteiger partial charge is 0.193 e. The summed E-state index contributed by atoms with van der Waals surface area (Å²) >= 11 is 6.09. The minimum atomic E-state index is 0. The highest BCUT2D eigenvalue weighted by Crippen LogP contribution is 2.27. The average Bonchev–Trinajstić information content (AvgIpc) is 2.56. The van der Waals surface area contributed by atoms with E-state index in [2.05, 4.69) is 22.1 Å². The number of anilines is 1. The first-order valence-electron chi connectivity index (χ1n) is 8.74. The number of ether oxygens (including phenoxy) is 1. The first-order valence-corrected chi connectivity index (χ1v) is 9.12. The van der Waals surface area contributed by atoms with Gasteiger partial charge < -0.3 is 20.7 Å². The number of hydrogen-bond donors (Lipinski definition) is 2. The Hall–Kier alpha value is -0.730. The fraction of sp³-hybridized carbons (Fsp3) is 0.611. The molecule has 2 rings (SSSR count). The topological polar surface area (TPSA) is 62.9 Å². The second kappa shape index (κ2) is 11.8. The van der Waals surface area contributed by atoms with Crippen molar-refractivity contribution in [3.8, 4) is 5.75 Å². The highest BCUT2D eigenvalue weighted by molar-refractivity contribution is 14.0. The molecule has 25 heavy (non-hydrogen) atoms. The molecule has 3 N–H and O–H groups in total. The molecule has 1 aromatic rings. The molecule has 0 aliphatic carbocycles. The SMILES string of the molecule is COc1ccc(NC(N)=NCCCCN2CCCCC2C)cc1Cl.I. The number of nitrogens with two attached hydrogens (primary N) is 1. The predicted octanol–water partition coefficient (Wildman–Crippen LogP) is 4.35. The molecule has 7 heteroatoms. The largest absolute Gasteiger partial charge is 0.495 e. The Bertz CT molecular complexity index is 556. The van der Waals surface area contributed by atoms with Crippen molar-refractivity contribution < 1.29 is 4.74 Å². The Morgan fingerprint density at radius 3 is 2.88 bits per heavy atom. The van der Waals surface area contributed by atoms with Crippen molar-refractivity contribution in [1.82, 2.24) is 4.90 Å². The molecule has 5 nitrogen and oxygen atoms in total. The number of likely N-dealkylation sites (tertiary alicyclic amines) is 1. The highest BCUT2D eigenvalue weighted by Gasteiger charge is 2.16. The summed E-state index contributed by atoms with van der Waals surface area (Å²) < 4.78 is 5.13. The first kappa shape index (κ1) is 22.3. The molecule has 0 aromatic heterocycles. The molecule has 1 aliphatic heterocycles. The maximum Gasteiger partial charge on any atom is 0.193 e. The van der Waals surface area contributed by atoms with Gasteiger partial charge in [-0.05, 0) is 63.9 Å². The van der Waals surface area contributed by atoms with Crippen LogP contribution < -0.4 is 15.8 Å². The summed E-state index contributed by atoms with van der Waals surface area (Å²) in [5.41, 5.74) is 6.74. The Morgan fingerprint density at radius 2 is 2.20 bits per heavy atom. The van der Waals surface area contributed by atoms with Crippen LogP contribution in [0.25, 0.3) is 0 Å². The summed E-state index contributed by atoms with van der Waals surface area (Å²) in [5.74, 6) is 1.06. The van der Waals surface area contributed by atoms with Crippen molar-refractivity contribution in [2.75, 3.05) is 32.1 Å². The third-order valence-electron chi connectivity index (χ3n) is 4.50. The van der Waals surface area contributed by atoms with E-state index in [-0.39, 0.29) is 24.0 Å². The van der Waals surface area contributed by atoms with Crippen LogP contribution in [-0.2, 0) is 0 Å². The van der Waals surface area contributed by atoms with Crippen LogP contribution in [0, 0.1) is 0 Å². The monoisotopic (exact) mass is 480 g/mol. The highest BCUT2D eigenvalue weighted by atomic mass is 127. The van der Waals surface area contributed by atoms with E-state index in [4.69, 9.17) is 22.1 Å². The number of unbranched alkanes of at least 4 members (excludes halogenated alkanes) is 1. The minimum absolute atomic E-state index is 0. The van der Waals surface area contributed by atoms with E-state index in [1.165, 1.54) is 25.8 Å². The lowest BCUT2D eigenvalue weighted by Gasteiger charge is -2.33. The molecule has 1 fully saturated rings. The molecule has 1 aliphatic rings. The molecule has 1 aromatic carbocycles. The maximum atomic E-state index is 6.09. The molecule has 0 bridgehead atoms. The average molecular weight is 481 g/mol. The van der Waals surface area contributed by atoms with Gasteiger partial charge in [0, 0.05) is 18.3 Å². The Morgan fingerprint density at radius 1 is 1.40 bits per heavy atom. The number of halogens is 2. The molecule has 0 radical (unpaired) electrons. The molecule has 0 saturated carbocycles. The number of aliphatic imine (C=N–C) groups is 1. The lowest BCUT2D eigenvalue weighted by molar-refractivity contribution is 0.158. The fourth-order valence-electron chi connectivity index (χ4n) is 3.05. The van der Waals surface area contributed by atoms with Crippen LogP contribution in [0.15, 0.2) is 23.2 Å². The standard InChI is InChI=1S/C18H29ClN4O.HI/c1-14-7-3-5-11-23(14)12-6-4-10-21-18(20)22-15-8-9-17(24-2)16(19)13-15;/h8-9,13-14H,3-7,10-12H2,1-2H3,(H3,20,21,22);1H. The van der Waals surface area contributed by atoms with Crippen molar-refractivity contribution in [3.05, 3.63) is 23.2 Å². The molecule has 1 atom stereocenters. The predicted molar refractivity (Wildman–Crippen MR) is 118 cm³/mol. The van der Waals surface area contributed by atoms with Crippen molar-refractivity contribution in [2.24, 2.45) is 10.7 Å². The fourth-order valence-corrected chi connectivity index (χ4v) is 3.31. The van der Waals surface area contributed by atoms with Gasteiger partial charge in [-0.1, -0.05) is 18.0 Å². The molecular weight excluding hydrogens is 451 g/mol. The third kappa shape index (κ3) is 7.58. The van der Waals surface area contributed by atoms with Crippen LogP contribution in [0.2, 0.25) is 5.02 Å². The van der Waals surface area contributed by atoms with Gasteiger partial charge in [0.2, 0.25) is 0 Å². The second-order valence-electron chi connectivity index (χ2n) is 6.33. The van der Waals surface area contributed by atoms with Crippen LogP contribution in [-0.4, -0.2) is 43.6 Å². The van der Waals surface area contributed by atoms with Gasteiger partial charge in [-0.15, -0.1) is 24.0 Å². The van der Waals surface area contributed by atoms with E-state index in [9.17, 15) is 0 Å². The van der Waals surface area contributed by atoms with Gasteiger partial charge in [0.25, 0.3) is 0 Å². The molecular formula is C18H30ClIN4O. The molecule has 1 saturated heterocycles. The summed E-state index contributed by atoms with van der Waals surface area (Å²) in [6.07, 6.45) is 6.26. The van der Waals surface area contributed by atoms with Crippen LogP contribution in [0.4, 0.5) is 5.69 Å². The van der Waals surface area contributed by atoms with E-state index >= 15 is 0 Å². The lowest BCUT2D eigenvalue weighted by atomic mass is 10.0. The summed E-state index contributed by atoms with van der Waals surface area (Å²) in [4.78, 5) is 6.98. The number of nitrogens with zero attached hydrogens (tertiary/aromatic N) is 2. The number of rotatable bonds is 7. The van der Waals surface area contributed by atoms with Gasteiger partial charge in [0.15, 0.2) is 5.96 Å². The van der Waals surface area contributed by atoms with Gasteiger partial charge in [-0.25, -0.2) is 0 Å². The van der Waals surface area contributed by atoms with Crippen molar-refractivity contribution in [2.45, 2.75) is 45.1 Å². The number of hydrogen-bond acceptors (Lipinski definition) is 3. The van der Waals surface area contributed by atoms with Crippen LogP contribution in [0.5, 0.6) is 5.75 Å². The lowest BCUT2D eigenvalue weighted by Crippen LogP contribution is -2.38. The van der Waals surface area contributed by atoms with Gasteiger partial charge in [-0.3, -0.25) is 4.99 Å². The summed E-state index contributed by atoms with van der Waals surface area (Å²) in [6, 6.07) is 6.18. The third-order valence-corrected chi connectivity index (χ3v) is 4.80. The summed E-state index contributed by atoms with van der Waals surface area (Å²) in [6.45, 7) is 5.48. The van der Waals surface area contributed by atoms with Crippen LogP contribution >= 0.6 is 35.6 Å². The molecule has 1 heterocycles. The van der Waals surface area contributed by atoms with E-state index in [0.29, 0.717) is 16.7 Å². The molecule has 0 spiro atoms. The summed E-state index contributed by atoms with van der Waals surface area (Å²) in [5, 5.41) is 3.61. The zero-order chi connectivity index (χ0) is 17.4. The van der Waals surface area contributed by atoms with E-state index in [0.717, 1.165) is 37.7 Å². The summed E-state index contributed by atoms with van der Waals surface area (Å²) in [7, 11) is 1.59. The van der Waals surface area contributed by atoms with Crippen molar-refractivity contribution in [3.63, 3.8) is 0 Å². The first-order chi connectivity index (χ1) is 11.6. The Balaban J connectivity index is 0.00000312. The molecule has 1 unspecified atom stereocenters. The van der Waals surface area contributed by atoms with E-state index in [1.807, 2.05) is 6.07 Å². The maximum absolute atomic E-state index is 6.09. The van der Waals surface area contributed by atoms with Crippen molar-refractivity contribution in [1.29, 1.82) is 0 Å². The van der Waals surface area contributed by atoms with E-state index < -0.39 is 0 Å². The number of guanidine groups is 1. The zero-order valence-electron chi connectivity index (χ0n) is 15.1. The van der Waals surface area contributed by atoms with Gasteiger partial charge in [0.05, 0.1) is 12.1 Å². The molecule has 0 amide bonds. The second-order valence-corrected chi connectivity index (χ2v) is 6.74. The van der Waals surface area contributed by atoms with E-state index in [1.54, 1.807) is 19.2 Å². The van der Waals surface area contributed by atoms with Crippen LogP contribution in [0.1, 0.15) is 39.0 Å². The zero-order valence-corrected chi connectivity index (χ0v) is 18.2. The quantitative estimate of drug-likeness (QED) is 0.264. The van der Waals surface area contributed by atoms with Crippen LogP contribution in [0.3, 0.4) is 0 Å². The Labute approximate surface area is 173 Å². The van der Waals surface area contributed by atoms with Gasteiger partial charge in [0.1, 0.15) is 5.75 Å². The molecule has 142 valence electrons. The number of benzene rings is 1. The number of methoxy groups -OCH3 is 1. The number of piperidine rings is 1. The van der Waals surface area contributed by atoms with Crippen molar-refractivity contribution >= 4 is 47.2 Å². The van der Waals surface area contributed by atoms with Gasteiger partial charge >= 0.3 is 0 Å². The minimum Gasteiger partial charge on any atom is -0.495 e. The normalized spacial score (nSPS) is 18.5. The number of nitrogens with one attached hydrogen (secondary N) is 1.